The third-order valence-electron chi connectivity index (χ3n) is 13.5. The Morgan fingerprint density at radius 1 is 0.514 bits per heavy atom. The lowest BCUT2D eigenvalue weighted by Gasteiger charge is -2.19. The first-order chi connectivity index (χ1) is 34.1. The lowest BCUT2D eigenvalue weighted by atomic mass is 9.86. The van der Waals surface area contributed by atoms with Gasteiger partial charge in [-0.3, -0.25) is 0 Å². The van der Waals surface area contributed by atoms with Crippen molar-refractivity contribution >= 4 is 38.8 Å². The van der Waals surface area contributed by atoms with E-state index in [0.29, 0.717) is 0 Å². The normalized spacial score (nSPS) is 13.8. The fourth-order valence-electron chi connectivity index (χ4n) is 9.79. The molecule has 1 aliphatic heterocycles. The molecular weight excluding hydrogens is 849 g/mol. The lowest BCUT2D eigenvalue weighted by molar-refractivity contribution is 0.333. The van der Waals surface area contributed by atoms with Gasteiger partial charge in [0, 0.05) is 64.4 Å². The molecule has 4 heteroatoms. The smallest absolute Gasteiger partial charge is 0.0710 e. The van der Waals surface area contributed by atoms with Gasteiger partial charge in [0.15, 0.2) is 0 Å². The molecule has 0 fully saturated rings. The van der Waals surface area contributed by atoms with Gasteiger partial charge in [-0.2, -0.15) is 0 Å². The van der Waals surface area contributed by atoms with Crippen LogP contribution in [0.5, 0.6) is 0 Å². The SMILES string of the molecule is CC.CN1C=CC(c2cccc(-c3ccc(-c4ccc(C(C)(C)C)cc4)cc3)c2)N1.Cc1ccccc1.Cn1c2ccccc2c2cc(-c3ccc4c(c3)c3c(n4-c4ccccc4)CCC=C3)ccc21. The zero-order valence-electron chi connectivity index (χ0n) is 42.1. The number of aryl methyl sites for hydroxylation is 2. The standard InChI is InChI=1S/C31H24N2.C26H28N2.C7H8.C2H6/c1-32-28-13-7-5-11-24(28)26-19-21(15-17-29(26)32)22-16-18-31-27(20-22)25-12-6-8-14-30(25)33(31)23-9-3-2-4-10-23;1-26(2,3)24-14-12-20(13-15-24)19-8-10-21(11-9-19)22-6-5-7-23(18-22)25-16-17-28(4)27-25;1-7-5-3-2-4-6-7;1-2/h2-7,9-13,15-20H,8,14H2,1H3;5-18,25,27H,1-4H3;2-6H,1H3;1-2H3. The van der Waals surface area contributed by atoms with Crippen molar-refractivity contribution in [3.05, 3.63) is 240 Å². The molecule has 1 unspecified atom stereocenters. The van der Waals surface area contributed by atoms with Gasteiger partial charge in [0.1, 0.15) is 0 Å². The third kappa shape index (κ3) is 10.1. The summed E-state index contributed by atoms with van der Waals surface area (Å²) in [6.07, 6.45) is 11.1. The molecule has 8 aromatic carbocycles. The second-order valence-electron chi connectivity index (χ2n) is 19.3. The van der Waals surface area contributed by atoms with E-state index in [-0.39, 0.29) is 11.5 Å². The largest absolute Gasteiger partial charge is 0.344 e. The van der Waals surface area contributed by atoms with Gasteiger partial charge in [0.2, 0.25) is 0 Å². The van der Waals surface area contributed by atoms with Gasteiger partial charge in [-0.1, -0.05) is 198 Å². The topological polar surface area (TPSA) is 25.1 Å². The molecule has 12 rings (SSSR count). The zero-order valence-corrected chi connectivity index (χ0v) is 42.1. The molecule has 2 aromatic heterocycles. The number of hydrogen-bond acceptors (Lipinski definition) is 2. The molecule has 1 aliphatic carbocycles. The van der Waals surface area contributed by atoms with E-state index in [9.17, 15) is 0 Å². The van der Waals surface area contributed by atoms with Crippen LogP contribution in [0.3, 0.4) is 0 Å². The first kappa shape index (κ1) is 47.4. The van der Waals surface area contributed by atoms with Crippen LogP contribution in [-0.4, -0.2) is 21.2 Å². The van der Waals surface area contributed by atoms with Crippen molar-refractivity contribution in [1.29, 1.82) is 0 Å². The van der Waals surface area contributed by atoms with Crippen LogP contribution < -0.4 is 5.43 Å². The molecule has 0 amide bonds. The summed E-state index contributed by atoms with van der Waals surface area (Å²) in [7, 11) is 4.18. The van der Waals surface area contributed by atoms with Gasteiger partial charge in [0.05, 0.1) is 11.6 Å². The van der Waals surface area contributed by atoms with Crippen molar-refractivity contribution in [3.63, 3.8) is 0 Å². The maximum Gasteiger partial charge on any atom is 0.0710 e. The number of rotatable bonds is 5. The molecule has 70 heavy (non-hydrogen) atoms. The van der Waals surface area contributed by atoms with E-state index in [1.54, 1.807) is 0 Å². The van der Waals surface area contributed by atoms with Crippen LogP contribution >= 0.6 is 0 Å². The minimum atomic E-state index is 0.186. The van der Waals surface area contributed by atoms with E-state index in [1.807, 2.05) is 44.1 Å². The van der Waals surface area contributed by atoms with Gasteiger partial charge >= 0.3 is 0 Å². The Labute approximate surface area is 415 Å². The molecular formula is C66H66N4. The summed E-state index contributed by atoms with van der Waals surface area (Å²) in [5, 5.41) is 5.96. The molecule has 10 aromatic rings. The summed E-state index contributed by atoms with van der Waals surface area (Å²) in [6, 6.07) is 70.4. The summed E-state index contributed by atoms with van der Waals surface area (Å²) < 4.78 is 4.74. The third-order valence-corrected chi connectivity index (χ3v) is 13.5. The average molecular weight is 915 g/mol. The number of allylic oxidation sites excluding steroid dienone is 1. The van der Waals surface area contributed by atoms with Crippen molar-refractivity contribution in [2.24, 2.45) is 7.05 Å². The first-order valence-corrected chi connectivity index (χ1v) is 25.0. The summed E-state index contributed by atoms with van der Waals surface area (Å²) in [5.74, 6) is 0. The highest BCUT2D eigenvalue weighted by Crippen LogP contribution is 2.38. The van der Waals surface area contributed by atoms with Crippen molar-refractivity contribution in [3.8, 4) is 39.1 Å². The molecule has 350 valence electrons. The van der Waals surface area contributed by atoms with Crippen LogP contribution in [0.15, 0.2) is 212 Å². The van der Waals surface area contributed by atoms with E-state index in [1.165, 1.54) is 99.7 Å². The van der Waals surface area contributed by atoms with Crippen LogP contribution in [0.4, 0.5) is 0 Å². The number of fused-ring (bicyclic) bond motifs is 6. The van der Waals surface area contributed by atoms with Crippen LogP contribution in [0.1, 0.15) is 75.0 Å². The predicted octanol–water partition coefficient (Wildman–Crippen LogP) is 17.2. The first-order valence-electron chi connectivity index (χ1n) is 25.0. The highest BCUT2D eigenvalue weighted by Gasteiger charge is 2.20. The fraction of sp³-hybridized carbons (Fsp3) is 0.182. The second-order valence-corrected chi connectivity index (χ2v) is 19.3. The highest BCUT2D eigenvalue weighted by molar-refractivity contribution is 6.09. The van der Waals surface area contributed by atoms with E-state index in [2.05, 4.69) is 250 Å². The molecule has 0 spiro atoms. The molecule has 0 saturated carbocycles. The summed E-state index contributed by atoms with van der Waals surface area (Å²) in [6.45, 7) is 12.8. The molecule has 3 heterocycles. The van der Waals surface area contributed by atoms with Crippen LogP contribution in [-0.2, 0) is 18.9 Å². The minimum absolute atomic E-state index is 0.186. The monoisotopic (exact) mass is 915 g/mol. The number of para-hydroxylation sites is 2. The summed E-state index contributed by atoms with van der Waals surface area (Å²) >= 11 is 0. The molecule has 0 bridgehead atoms. The Morgan fingerprint density at radius 3 is 1.70 bits per heavy atom. The number of nitrogens with one attached hydrogen (secondary N) is 1. The van der Waals surface area contributed by atoms with Crippen molar-refractivity contribution in [2.75, 3.05) is 7.05 Å². The van der Waals surface area contributed by atoms with Gasteiger partial charge in [0.25, 0.3) is 0 Å². The van der Waals surface area contributed by atoms with Gasteiger partial charge in [-0.05, 0) is 124 Å². The number of aromatic nitrogens is 2. The van der Waals surface area contributed by atoms with E-state index in [0.717, 1.165) is 12.8 Å². The number of hydrazine groups is 1. The molecule has 2 aliphatic rings. The number of hydrogen-bond donors (Lipinski definition) is 1. The minimum Gasteiger partial charge on any atom is -0.344 e. The van der Waals surface area contributed by atoms with Crippen molar-refractivity contribution in [2.45, 2.75) is 65.8 Å². The van der Waals surface area contributed by atoms with Gasteiger partial charge < -0.3 is 14.1 Å². The van der Waals surface area contributed by atoms with Crippen molar-refractivity contribution < 1.29 is 0 Å². The molecule has 1 atom stereocenters. The average Bonchev–Trinajstić information content (AvgIpc) is 4.08. The summed E-state index contributed by atoms with van der Waals surface area (Å²) in [5.41, 5.74) is 23.0. The molecule has 4 nitrogen and oxygen atoms in total. The number of benzene rings is 8. The van der Waals surface area contributed by atoms with Gasteiger partial charge in [-0.15, -0.1) is 0 Å². The Kier molecular flexibility index (Phi) is 14.2. The van der Waals surface area contributed by atoms with E-state index in [4.69, 9.17) is 0 Å². The molecule has 0 saturated heterocycles. The van der Waals surface area contributed by atoms with Crippen LogP contribution in [0.2, 0.25) is 0 Å². The van der Waals surface area contributed by atoms with E-state index >= 15 is 0 Å². The highest BCUT2D eigenvalue weighted by atomic mass is 15.5. The van der Waals surface area contributed by atoms with E-state index < -0.39 is 0 Å². The van der Waals surface area contributed by atoms with Crippen LogP contribution in [0.25, 0.3) is 77.9 Å². The zero-order chi connectivity index (χ0) is 48.8. The van der Waals surface area contributed by atoms with Crippen molar-refractivity contribution in [1.82, 2.24) is 19.6 Å². The Morgan fingerprint density at radius 2 is 1.07 bits per heavy atom. The lowest BCUT2D eigenvalue weighted by Crippen LogP contribution is -2.26. The quantitative estimate of drug-likeness (QED) is 0.186. The second kappa shape index (κ2) is 20.9. The maximum absolute atomic E-state index is 3.42. The summed E-state index contributed by atoms with van der Waals surface area (Å²) in [4.78, 5) is 0. The Hall–Kier alpha value is -7.66. The molecule has 1 N–H and O–H groups in total. The number of nitrogens with zero attached hydrogens (tertiary/aromatic N) is 3. The Balaban J connectivity index is 0.000000150. The van der Waals surface area contributed by atoms with Gasteiger partial charge in [-0.25, -0.2) is 5.43 Å². The molecule has 0 radical (unpaired) electrons. The fourth-order valence-corrected chi connectivity index (χ4v) is 9.79. The Bertz CT molecular complexity index is 3420. The maximum atomic E-state index is 3.42. The predicted molar refractivity (Wildman–Crippen MR) is 301 cm³/mol. The van der Waals surface area contributed by atoms with Crippen LogP contribution in [0, 0.1) is 6.92 Å².